The highest BCUT2D eigenvalue weighted by molar-refractivity contribution is 6.07. The number of fused-ring (bicyclic) bond motifs is 8. The van der Waals surface area contributed by atoms with E-state index in [1.807, 2.05) is 0 Å². The number of anilines is 1. The van der Waals surface area contributed by atoms with E-state index in [1.165, 1.54) is 60.8 Å². The van der Waals surface area contributed by atoms with Gasteiger partial charge in [0.2, 0.25) is 5.96 Å². The molecule has 0 fully saturated rings. The van der Waals surface area contributed by atoms with E-state index in [-0.39, 0.29) is 18.1 Å². The third-order valence-corrected chi connectivity index (χ3v) is 10.4. The molecule has 2 aliphatic heterocycles. The summed E-state index contributed by atoms with van der Waals surface area (Å²) in [6.07, 6.45) is 12.5. The highest BCUT2D eigenvalue weighted by atomic mass is 16.5. The summed E-state index contributed by atoms with van der Waals surface area (Å²) in [7, 11) is 0. The van der Waals surface area contributed by atoms with Gasteiger partial charge in [0.15, 0.2) is 0 Å². The molecular weight excluding hydrogens is 574 g/mol. The zero-order chi connectivity index (χ0) is 31.1. The molecule has 4 unspecified atom stereocenters. The quantitative estimate of drug-likeness (QED) is 0.213. The first-order valence-electron chi connectivity index (χ1n) is 16.6. The van der Waals surface area contributed by atoms with Crippen molar-refractivity contribution < 1.29 is 4.74 Å². The lowest BCUT2D eigenvalue weighted by Crippen LogP contribution is -2.28. The second-order valence-corrected chi connectivity index (χ2v) is 13.2. The predicted molar refractivity (Wildman–Crippen MR) is 193 cm³/mol. The van der Waals surface area contributed by atoms with E-state index >= 15 is 0 Å². The molecule has 4 atom stereocenters. The van der Waals surface area contributed by atoms with Gasteiger partial charge in [-0.2, -0.15) is 0 Å². The zero-order valence-electron chi connectivity index (χ0n) is 26.1. The van der Waals surface area contributed by atoms with Gasteiger partial charge in [0.05, 0.1) is 11.2 Å². The Bertz CT molecular complexity index is 2380. The first-order valence-corrected chi connectivity index (χ1v) is 16.6. The van der Waals surface area contributed by atoms with Gasteiger partial charge in [0, 0.05) is 28.1 Å². The van der Waals surface area contributed by atoms with Crippen molar-refractivity contribution in [3.8, 4) is 5.75 Å². The lowest BCUT2D eigenvalue weighted by Gasteiger charge is -2.28. The molecule has 5 aromatic carbocycles. The molecule has 0 saturated carbocycles. The van der Waals surface area contributed by atoms with Crippen LogP contribution in [0.5, 0.6) is 5.75 Å². The van der Waals surface area contributed by atoms with E-state index in [0.29, 0.717) is 5.92 Å². The summed E-state index contributed by atoms with van der Waals surface area (Å²) in [5.41, 5.74) is 11.0. The van der Waals surface area contributed by atoms with Crippen molar-refractivity contribution in [2.45, 2.75) is 31.4 Å². The van der Waals surface area contributed by atoms with Gasteiger partial charge in [-0.3, -0.25) is 4.57 Å². The van der Waals surface area contributed by atoms with Crippen molar-refractivity contribution in [1.29, 1.82) is 0 Å². The number of hydrogen-bond donors (Lipinski definition) is 1. The van der Waals surface area contributed by atoms with E-state index in [4.69, 9.17) is 9.73 Å². The number of nitrogens with zero attached hydrogens (tertiary/aromatic N) is 2. The number of aromatic nitrogens is 1. The predicted octanol–water partition coefficient (Wildman–Crippen LogP) is 9.92. The maximum absolute atomic E-state index is 6.26. The molecule has 1 N–H and O–H groups in total. The molecule has 4 aliphatic rings. The monoisotopic (exact) mass is 607 g/mol. The van der Waals surface area contributed by atoms with Crippen molar-refractivity contribution in [2.24, 2.45) is 10.9 Å². The van der Waals surface area contributed by atoms with E-state index < -0.39 is 0 Å². The van der Waals surface area contributed by atoms with Gasteiger partial charge in [-0.25, -0.2) is 4.99 Å². The lowest BCUT2D eigenvalue weighted by atomic mass is 9.86. The highest BCUT2D eigenvalue weighted by Gasteiger charge is 2.34. The molecule has 1 aromatic heterocycles. The number of para-hydroxylation sites is 2. The highest BCUT2D eigenvalue weighted by Crippen LogP contribution is 2.45. The Balaban J connectivity index is 1.16. The Hall–Kier alpha value is -5.61. The molecule has 4 heteroatoms. The Labute approximate surface area is 274 Å². The van der Waals surface area contributed by atoms with Gasteiger partial charge in [0.1, 0.15) is 17.9 Å². The van der Waals surface area contributed by atoms with E-state index in [0.717, 1.165) is 23.8 Å². The number of rotatable bonds is 2. The van der Waals surface area contributed by atoms with Crippen molar-refractivity contribution in [3.63, 3.8) is 0 Å². The van der Waals surface area contributed by atoms with Gasteiger partial charge in [-0.1, -0.05) is 116 Å². The minimum absolute atomic E-state index is 0.0505. The molecule has 47 heavy (non-hydrogen) atoms. The molecule has 226 valence electrons. The number of allylic oxidation sites excluding steroid dienone is 3. The van der Waals surface area contributed by atoms with Crippen molar-refractivity contribution in [2.75, 3.05) is 5.32 Å². The maximum Gasteiger partial charge on any atom is 0.208 e. The van der Waals surface area contributed by atoms with E-state index in [1.54, 1.807) is 0 Å². The number of hydrogen-bond acceptors (Lipinski definition) is 3. The molecular formula is C43H33N3O. The molecule has 4 nitrogen and oxygen atoms in total. The average molecular weight is 608 g/mol. The second kappa shape index (κ2) is 10.2. The van der Waals surface area contributed by atoms with Gasteiger partial charge < -0.3 is 10.1 Å². The Morgan fingerprint density at radius 2 is 1.57 bits per heavy atom. The summed E-state index contributed by atoms with van der Waals surface area (Å²) in [6.45, 7) is 2.30. The first kappa shape index (κ1) is 26.6. The second-order valence-electron chi connectivity index (χ2n) is 13.2. The third-order valence-electron chi connectivity index (χ3n) is 10.4. The molecule has 0 spiro atoms. The summed E-state index contributed by atoms with van der Waals surface area (Å²) in [4.78, 5) is 5.56. The molecule has 0 saturated heterocycles. The lowest BCUT2D eigenvalue weighted by molar-refractivity contribution is 0.269. The Kier molecular flexibility index (Phi) is 5.77. The molecule has 0 amide bonds. The number of benzene rings is 5. The van der Waals surface area contributed by atoms with Crippen LogP contribution in [0.4, 0.5) is 5.69 Å². The molecule has 3 heterocycles. The Morgan fingerprint density at radius 3 is 2.53 bits per heavy atom. The van der Waals surface area contributed by atoms with Crippen LogP contribution in [-0.4, -0.2) is 16.6 Å². The van der Waals surface area contributed by atoms with E-state index in [2.05, 4.69) is 156 Å². The minimum atomic E-state index is -0.139. The SMILES string of the molecule is CC1C=Cc2c(c3ccc(C4=CC5c6ccccc6OC5C=C4)cc3n2C2=NC(c3cccc4ccccc34)c3ccccc3N2)C1. The van der Waals surface area contributed by atoms with Crippen LogP contribution in [0.2, 0.25) is 0 Å². The van der Waals surface area contributed by atoms with E-state index in [9.17, 15) is 0 Å². The van der Waals surface area contributed by atoms with Crippen LogP contribution in [0.25, 0.3) is 33.3 Å². The smallest absolute Gasteiger partial charge is 0.208 e. The Morgan fingerprint density at radius 1 is 0.766 bits per heavy atom. The largest absolute Gasteiger partial charge is 0.485 e. The topological polar surface area (TPSA) is 38.5 Å². The van der Waals surface area contributed by atoms with Gasteiger partial charge in [0.25, 0.3) is 0 Å². The normalized spacial score (nSPS) is 22.1. The molecule has 0 bridgehead atoms. The number of ether oxygens (including phenoxy) is 1. The zero-order valence-corrected chi connectivity index (χ0v) is 26.1. The first-order chi connectivity index (χ1) is 23.2. The minimum Gasteiger partial charge on any atom is -0.485 e. The van der Waals surface area contributed by atoms with Crippen LogP contribution in [0.15, 0.2) is 138 Å². The summed E-state index contributed by atoms with van der Waals surface area (Å²) < 4.78 is 8.63. The standard InChI is InChI=1S/C43H33N3O/c1-26-17-21-38-35(23-26)31-20-18-29(28-19-22-41-36(24-28)32-12-5-7-16-40(32)47-41)25-39(31)46(38)43-44-37-15-6-4-13-34(37)42(45-43)33-14-8-10-27-9-2-3-11-30(27)33/h2-22,24-26,36,41-42H,23H2,1H3,(H,44,45). The van der Waals surface area contributed by atoms with Crippen LogP contribution >= 0.6 is 0 Å². The van der Waals surface area contributed by atoms with Gasteiger partial charge in [-0.05, 0) is 75.7 Å². The van der Waals surface area contributed by atoms with Gasteiger partial charge >= 0.3 is 0 Å². The van der Waals surface area contributed by atoms with Crippen molar-refractivity contribution in [1.82, 2.24) is 4.57 Å². The molecule has 0 radical (unpaired) electrons. The average Bonchev–Trinajstić information content (AvgIpc) is 3.65. The maximum atomic E-state index is 6.26. The molecule has 6 aromatic rings. The molecule has 10 rings (SSSR count). The number of aliphatic imine (C=N–C) groups is 1. The summed E-state index contributed by atoms with van der Waals surface area (Å²) in [5, 5.41) is 7.53. The fraction of sp³-hybridized carbons (Fsp3) is 0.140. The fourth-order valence-corrected chi connectivity index (χ4v) is 8.09. The summed E-state index contributed by atoms with van der Waals surface area (Å²) in [5.74, 6) is 2.54. The molecule has 2 aliphatic carbocycles. The van der Waals surface area contributed by atoms with Gasteiger partial charge in [-0.15, -0.1) is 0 Å². The van der Waals surface area contributed by atoms with Crippen LogP contribution in [0.1, 0.15) is 52.4 Å². The van der Waals surface area contributed by atoms with Crippen molar-refractivity contribution >= 4 is 45.0 Å². The third kappa shape index (κ3) is 4.11. The van der Waals surface area contributed by atoms with Crippen LogP contribution in [-0.2, 0) is 6.42 Å². The van der Waals surface area contributed by atoms with Crippen molar-refractivity contribution in [3.05, 3.63) is 167 Å². The fourth-order valence-electron chi connectivity index (χ4n) is 8.09. The van der Waals surface area contributed by atoms with Crippen LogP contribution < -0.4 is 10.1 Å². The summed E-state index contributed by atoms with van der Waals surface area (Å²) >= 11 is 0. The van der Waals surface area contributed by atoms with Crippen LogP contribution in [0, 0.1) is 5.92 Å². The summed E-state index contributed by atoms with van der Waals surface area (Å²) in [6, 6.07) is 39.1. The van der Waals surface area contributed by atoms with Crippen LogP contribution in [0.3, 0.4) is 0 Å². The number of nitrogens with one attached hydrogen (secondary N) is 1.